The average molecular weight is 327 g/mol. The third-order valence-electron chi connectivity index (χ3n) is 3.72. The van der Waals surface area contributed by atoms with Crippen molar-refractivity contribution in [3.8, 4) is 11.4 Å². The zero-order chi connectivity index (χ0) is 16.9. The van der Waals surface area contributed by atoms with Crippen LogP contribution in [0.2, 0.25) is 0 Å². The quantitative estimate of drug-likeness (QED) is 0.697. The second kappa shape index (κ2) is 6.90. The predicted octanol–water partition coefficient (Wildman–Crippen LogP) is 0.945. The van der Waals surface area contributed by atoms with Gasteiger partial charge >= 0.3 is 0 Å². The molecule has 0 aliphatic carbocycles. The van der Waals surface area contributed by atoms with Crippen LogP contribution in [0.15, 0.2) is 43.2 Å². The van der Waals surface area contributed by atoms with Crippen molar-refractivity contribution in [1.82, 2.24) is 35.1 Å². The van der Waals surface area contributed by atoms with Crippen LogP contribution >= 0.6 is 0 Å². The number of phenolic OH excluding ortho intramolecular Hbond substituents is 1. The van der Waals surface area contributed by atoms with E-state index in [1.54, 1.807) is 24.7 Å². The lowest BCUT2D eigenvalue weighted by atomic mass is 10.1. The molecule has 2 N–H and O–H groups in total. The van der Waals surface area contributed by atoms with Gasteiger partial charge in [-0.05, 0) is 42.0 Å². The summed E-state index contributed by atoms with van der Waals surface area (Å²) in [4.78, 5) is 16.3. The minimum Gasteiger partial charge on any atom is -0.507 e. The Balaban J connectivity index is 1.63. The third-order valence-corrected chi connectivity index (χ3v) is 3.72. The molecule has 2 heterocycles. The van der Waals surface area contributed by atoms with Gasteiger partial charge in [-0.3, -0.25) is 4.79 Å². The van der Waals surface area contributed by atoms with Gasteiger partial charge in [0, 0.05) is 25.0 Å². The summed E-state index contributed by atoms with van der Waals surface area (Å²) in [5.74, 6) is -0.438. The molecular formula is C15H17N7O2. The third kappa shape index (κ3) is 3.40. The van der Waals surface area contributed by atoms with Crippen molar-refractivity contribution in [3.05, 3.63) is 48.8 Å². The van der Waals surface area contributed by atoms with Gasteiger partial charge in [-0.2, -0.15) is 0 Å². The van der Waals surface area contributed by atoms with Crippen LogP contribution in [-0.4, -0.2) is 47.3 Å². The monoisotopic (exact) mass is 327 g/mol. The van der Waals surface area contributed by atoms with E-state index in [4.69, 9.17) is 0 Å². The van der Waals surface area contributed by atoms with Crippen LogP contribution in [0, 0.1) is 0 Å². The molecule has 24 heavy (non-hydrogen) atoms. The topological polar surface area (TPSA) is 111 Å². The number of hydrogen-bond acceptors (Lipinski definition) is 6. The number of carbonyl (C=O) groups is 1. The number of nitrogens with one attached hydrogen (secondary N) is 1. The number of benzene rings is 1. The SMILES string of the molecule is C[C@@H](CCNC(=O)c1cc(-n2cnnn2)ccc1O)n1ccnc1. The summed E-state index contributed by atoms with van der Waals surface area (Å²) in [6.45, 7) is 2.52. The molecule has 0 spiro atoms. The lowest BCUT2D eigenvalue weighted by molar-refractivity contribution is 0.0949. The van der Waals surface area contributed by atoms with Gasteiger partial charge in [0.25, 0.3) is 5.91 Å². The smallest absolute Gasteiger partial charge is 0.255 e. The van der Waals surface area contributed by atoms with Crippen molar-refractivity contribution in [2.24, 2.45) is 0 Å². The molecule has 0 aliphatic rings. The van der Waals surface area contributed by atoms with Gasteiger partial charge in [-0.15, -0.1) is 5.10 Å². The predicted molar refractivity (Wildman–Crippen MR) is 84.7 cm³/mol. The first-order valence-corrected chi connectivity index (χ1v) is 7.47. The van der Waals surface area contributed by atoms with Gasteiger partial charge in [0.05, 0.1) is 17.6 Å². The highest BCUT2D eigenvalue weighted by atomic mass is 16.3. The van der Waals surface area contributed by atoms with E-state index < -0.39 is 0 Å². The van der Waals surface area contributed by atoms with E-state index in [1.807, 2.05) is 17.7 Å². The number of aromatic nitrogens is 6. The fourth-order valence-corrected chi connectivity index (χ4v) is 2.30. The van der Waals surface area contributed by atoms with Crippen LogP contribution in [0.1, 0.15) is 29.7 Å². The van der Waals surface area contributed by atoms with Crippen LogP contribution in [0.25, 0.3) is 5.69 Å². The highest BCUT2D eigenvalue weighted by molar-refractivity contribution is 5.97. The lowest BCUT2D eigenvalue weighted by Gasteiger charge is -2.14. The number of nitrogens with zero attached hydrogens (tertiary/aromatic N) is 6. The summed E-state index contributed by atoms with van der Waals surface area (Å²) in [6, 6.07) is 4.83. The lowest BCUT2D eigenvalue weighted by Crippen LogP contribution is -2.26. The first-order valence-electron chi connectivity index (χ1n) is 7.47. The number of carbonyl (C=O) groups excluding carboxylic acids is 1. The molecule has 0 aliphatic heterocycles. The molecule has 0 unspecified atom stereocenters. The molecule has 124 valence electrons. The molecule has 0 radical (unpaired) electrons. The van der Waals surface area contributed by atoms with E-state index in [-0.39, 0.29) is 23.3 Å². The normalized spacial score (nSPS) is 12.0. The van der Waals surface area contributed by atoms with E-state index in [9.17, 15) is 9.90 Å². The zero-order valence-electron chi connectivity index (χ0n) is 13.1. The number of tetrazole rings is 1. The Kier molecular flexibility index (Phi) is 4.50. The molecule has 0 fully saturated rings. The summed E-state index contributed by atoms with van der Waals surface area (Å²) < 4.78 is 3.39. The van der Waals surface area contributed by atoms with Gasteiger partial charge in [0.1, 0.15) is 12.1 Å². The van der Waals surface area contributed by atoms with E-state index in [0.29, 0.717) is 12.2 Å². The molecule has 2 aromatic heterocycles. The second-order valence-electron chi connectivity index (χ2n) is 5.36. The Bertz CT molecular complexity index is 799. The Hall–Kier alpha value is -3.23. The van der Waals surface area contributed by atoms with Crippen molar-refractivity contribution < 1.29 is 9.90 Å². The van der Waals surface area contributed by atoms with Gasteiger partial charge in [0.2, 0.25) is 0 Å². The highest BCUT2D eigenvalue weighted by Gasteiger charge is 2.13. The van der Waals surface area contributed by atoms with Crippen LogP contribution in [-0.2, 0) is 0 Å². The molecule has 3 aromatic rings. The van der Waals surface area contributed by atoms with E-state index >= 15 is 0 Å². The number of rotatable bonds is 6. The minimum atomic E-state index is -0.347. The molecule has 1 atom stereocenters. The van der Waals surface area contributed by atoms with Gasteiger partial charge in [-0.1, -0.05) is 0 Å². The van der Waals surface area contributed by atoms with E-state index in [0.717, 1.165) is 6.42 Å². The molecule has 1 amide bonds. The summed E-state index contributed by atoms with van der Waals surface area (Å²) in [6.07, 6.45) is 7.51. The fourth-order valence-electron chi connectivity index (χ4n) is 2.30. The molecule has 0 bridgehead atoms. The molecule has 0 saturated carbocycles. The minimum absolute atomic E-state index is 0.0908. The van der Waals surface area contributed by atoms with Gasteiger partial charge in [0.15, 0.2) is 0 Å². The molecule has 3 rings (SSSR count). The number of aromatic hydroxyl groups is 1. The Labute approximate surface area is 137 Å². The first kappa shape index (κ1) is 15.7. The fraction of sp³-hybridized carbons (Fsp3) is 0.267. The molecule has 9 heteroatoms. The van der Waals surface area contributed by atoms with Crippen LogP contribution in [0.5, 0.6) is 5.75 Å². The molecule has 0 saturated heterocycles. The van der Waals surface area contributed by atoms with Crippen molar-refractivity contribution in [2.45, 2.75) is 19.4 Å². The summed E-state index contributed by atoms with van der Waals surface area (Å²) in [7, 11) is 0. The molecule has 1 aromatic carbocycles. The van der Waals surface area contributed by atoms with Gasteiger partial charge in [-0.25, -0.2) is 9.67 Å². The summed E-state index contributed by atoms with van der Waals surface area (Å²) in [5.41, 5.74) is 0.771. The van der Waals surface area contributed by atoms with Crippen molar-refractivity contribution in [2.75, 3.05) is 6.54 Å². The number of amides is 1. The van der Waals surface area contributed by atoms with E-state index in [1.165, 1.54) is 17.1 Å². The number of imidazole rings is 1. The van der Waals surface area contributed by atoms with Crippen LogP contribution in [0.3, 0.4) is 0 Å². The Morgan fingerprint density at radius 1 is 1.38 bits per heavy atom. The Morgan fingerprint density at radius 3 is 2.96 bits per heavy atom. The maximum atomic E-state index is 12.3. The first-order chi connectivity index (χ1) is 11.6. The Morgan fingerprint density at radius 2 is 2.25 bits per heavy atom. The molecular weight excluding hydrogens is 310 g/mol. The zero-order valence-corrected chi connectivity index (χ0v) is 13.1. The summed E-state index contributed by atoms with van der Waals surface area (Å²) in [5, 5.41) is 23.6. The average Bonchev–Trinajstić information content (AvgIpc) is 3.28. The molecule has 9 nitrogen and oxygen atoms in total. The van der Waals surface area contributed by atoms with Crippen LogP contribution in [0.4, 0.5) is 0 Å². The summed E-state index contributed by atoms with van der Waals surface area (Å²) >= 11 is 0. The van der Waals surface area contributed by atoms with Crippen molar-refractivity contribution in [3.63, 3.8) is 0 Å². The van der Waals surface area contributed by atoms with Crippen molar-refractivity contribution in [1.29, 1.82) is 0 Å². The van der Waals surface area contributed by atoms with Crippen molar-refractivity contribution >= 4 is 5.91 Å². The number of phenols is 1. The van der Waals surface area contributed by atoms with E-state index in [2.05, 4.69) is 25.8 Å². The largest absolute Gasteiger partial charge is 0.507 e. The van der Waals surface area contributed by atoms with Gasteiger partial charge < -0.3 is 15.0 Å². The number of hydrogen-bond donors (Lipinski definition) is 2. The highest BCUT2D eigenvalue weighted by Crippen LogP contribution is 2.20. The maximum Gasteiger partial charge on any atom is 0.255 e. The second-order valence-corrected chi connectivity index (χ2v) is 5.36. The van der Waals surface area contributed by atoms with Crippen LogP contribution < -0.4 is 5.32 Å². The maximum absolute atomic E-state index is 12.3. The standard InChI is InChI=1S/C15H17N7O2/c1-11(21-7-6-16-9-21)4-5-17-15(24)13-8-12(2-3-14(13)23)22-10-18-19-20-22/h2-3,6-11,23H,4-5H2,1H3,(H,17,24)/t11-/m0/s1.